The van der Waals surface area contributed by atoms with E-state index >= 15 is 0 Å². The van der Waals surface area contributed by atoms with E-state index in [0.717, 1.165) is 0 Å². The first kappa shape index (κ1) is 16.8. The van der Waals surface area contributed by atoms with E-state index in [1.807, 2.05) is 0 Å². The molecule has 0 saturated carbocycles. The average molecular weight is 415 g/mol. The second-order valence-electron chi connectivity index (χ2n) is 4.38. The van der Waals surface area contributed by atoms with E-state index in [-0.39, 0.29) is 15.7 Å². The molecular weight excluding hydrogens is 406 g/mol. The van der Waals surface area contributed by atoms with E-state index in [1.165, 1.54) is 12.1 Å². The van der Waals surface area contributed by atoms with E-state index in [9.17, 15) is 8.78 Å². The van der Waals surface area contributed by atoms with Crippen molar-refractivity contribution in [3.63, 3.8) is 0 Å². The lowest BCUT2D eigenvalue weighted by Crippen LogP contribution is -2.10. The summed E-state index contributed by atoms with van der Waals surface area (Å²) in [5.74, 6) is -1.41. The van der Waals surface area contributed by atoms with Crippen LogP contribution in [0.25, 0.3) is 0 Å². The molecule has 0 fully saturated rings. The van der Waals surface area contributed by atoms with Gasteiger partial charge in [0.25, 0.3) is 0 Å². The van der Waals surface area contributed by atoms with E-state index in [2.05, 4.69) is 21.2 Å². The molecule has 1 N–H and O–H groups in total. The fourth-order valence-electron chi connectivity index (χ4n) is 1.85. The molecule has 0 aliphatic carbocycles. The van der Waals surface area contributed by atoms with Gasteiger partial charge in [0.05, 0.1) is 21.1 Å². The molecule has 1 nitrogen and oxygen atoms in total. The summed E-state index contributed by atoms with van der Waals surface area (Å²) in [7, 11) is 0. The fraction of sp³-hybridized carbons (Fsp3) is 0.143. The van der Waals surface area contributed by atoms with Crippen LogP contribution in [0.1, 0.15) is 18.5 Å². The Morgan fingerprint density at radius 2 is 1.62 bits per heavy atom. The smallest absolute Gasteiger partial charge is 0.150 e. The molecule has 21 heavy (non-hydrogen) atoms. The third-order valence-corrected chi connectivity index (χ3v) is 4.67. The third kappa shape index (κ3) is 3.62. The van der Waals surface area contributed by atoms with Gasteiger partial charge in [0.15, 0.2) is 0 Å². The number of nitrogens with one attached hydrogen (secondary N) is 1. The van der Waals surface area contributed by atoms with E-state index in [1.54, 1.807) is 19.1 Å². The van der Waals surface area contributed by atoms with Gasteiger partial charge in [0.1, 0.15) is 17.3 Å². The van der Waals surface area contributed by atoms with E-state index in [4.69, 9.17) is 34.8 Å². The Labute approximate surface area is 144 Å². The monoisotopic (exact) mass is 413 g/mol. The lowest BCUT2D eigenvalue weighted by atomic mass is 10.1. The number of anilines is 1. The van der Waals surface area contributed by atoms with Crippen LogP contribution in [0.5, 0.6) is 0 Å². The molecule has 1 atom stereocenters. The van der Waals surface area contributed by atoms with E-state index < -0.39 is 17.7 Å². The van der Waals surface area contributed by atoms with Crippen LogP contribution in [0.15, 0.2) is 28.7 Å². The Hall–Kier alpha value is -0.550. The van der Waals surface area contributed by atoms with Gasteiger partial charge >= 0.3 is 0 Å². The summed E-state index contributed by atoms with van der Waals surface area (Å²) in [5.41, 5.74) is 0.362. The number of benzene rings is 2. The predicted molar refractivity (Wildman–Crippen MR) is 87.6 cm³/mol. The highest BCUT2D eigenvalue weighted by atomic mass is 79.9. The van der Waals surface area contributed by atoms with Crippen LogP contribution < -0.4 is 5.32 Å². The van der Waals surface area contributed by atoms with Crippen molar-refractivity contribution in [2.75, 3.05) is 5.32 Å². The molecule has 0 amide bonds. The Morgan fingerprint density at radius 1 is 1.05 bits per heavy atom. The minimum absolute atomic E-state index is 0.209. The number of hydrogen-bond acceptors (Lipinski definition) is 1. The highest BCUT2D eigenvalue weighted by Crippen LogP contribution is 2.37. The topological polar surface area (TPSA) is 12.0 Å². The molecule has 2 rings (SSSR count). The zero-order chi connectivity index (χ0) is 15.7. The second kappa shape index (κ2) is 6.69. The second-order valence-corrected chi connectivity index (χ2v) is 6.45. The molecule has 2 aromatic rings. The van der Waals surface area contributed by atoms with Crippen molar-refractivity contribution in [2.24, 2.45) is 0 Å². The summed E-state index contributed by atoms with van der Waals surface area (Å²) >= 11 is 21.0. The molecule has 0 heterocycles. The lowest BCUT2D eigenvalue weighted by Gasteiger charge is -2.19. The van der Waals surface area contributed by atoms with Crippen molar-refractivity contribution in [3.8, 4) is 0 Å². The Balaban J connectivity index is 2.35. The molecular formula is C14H9BrCl3F2N. The summed E-state index contributed by atoms with van der Waals surface area (Å²) in [5, 5.41) is 3.53. The summed E-state index contributed by atoms with van der Waals surface area (Å²) in [6.45, 7) is 1.71. The van der Waals surface area contributed by atoms with Gasteiger partial charge in [0.2, 0.25) is 0 Å². The Kier molecular flexibility index (Phi) is 5.36. The normalized spacial score (nSPS) is 12.3. The molecule has 0 aromatic heterocycles. The minimum atomic E-state index is -0.704. The summed E-state index contributed by atoms with van der Waals surface area (Å²) < 4.78 is 28.0. The van der Waals surface area contributed by atoms with Crippen molar-refractivity contribution in [1.29, 1.82) is 0 Å². The van der Waals surface area contributed by atoms with Crippen LogP contribution in [0.4, 0.5) is 14.5 Å². The van der Waals surface area contributed by atoms with Crippen LogP contribution in [-0.4, -0.2) is 0 Å². The molecule has 1 unspecified atom stereocenters. The molecule has 112 valence electrons. The van der Waals surface area contributed by atoms with Crippen LogP contribution in [-0.2, 0) is 0 Å². The standard InChI is InChI=1S/C14H9BrCl3F2N/c1-6(8-2-3-9(16)13(18)12(8)17)21-14-10(19)4-7(15)5-11(14)20/h2-6,21H,1H3. The molecule has 7 heteroatoms. The molecule has 0 bridgehead atoms. The minimum Gasteiger partial charge on any atom is -0.374 e. The number of rotatable bonds is 3. The van der Waals surface area contributed by atoms with Gasteiger partial charge in [-0.1, -0.05) is 56.8 Å². The van der Waals surface area contributed by atoms with Gasteiger partial charge in [-0.15, -0.1) is 0 Å². The molecule has 0 aliphatic rings. The van der Waals surface area contributed by atoms with Gasteiger partial charge in [-0.3, -0.25) is 0 Å². The maximum absolute atomic E-state index is 13.8. The quantitative estimate of drug-likeness (QED) is 0.540. The van der Waals surface area contributed by atoms with E-state index in [0.29, 0.717) is 15.1 Å². The van der Waals surface area contributed by atoms with Crippen LogP contribution in [0.2, 0.25) is 15.1 Å². The van der Waals surface area contributed by atoms with Crippen molar-refractivity contribution in [2.45, 2.75) is 13.0 Å². The van der Waals surface area contributed by atoms with Gasteiger partial charge in [-0.2, -0.15) is 0 Å². The van der Waals surface area contributed by atoms with Crippen molar-refractivity contribution >= 4 is 56.4 Å². The first-order chi connectivity index (χ1) is 9.81. The molecule has 0 aliphatic heterocycles. The highest BCUT2D eigenvalue weighted by Gasteiger charge is 2.18. The Bertz CT molecular complexity index is 671. The first-order valence-corrected chi connectivity index (χ1v) is 7.78. The SMILES string of the molecule is CC(Nc1c(F)cc(Br)cc1F)c1ccc(Cl)c(Cl)c1Cl. The average Bonchev–Trinajstić information content (AvgIpc) is 2.40. The van der Waals surface area contributed by atoms with Gasteiger partial charge < -0.3 is 5.32 Å². The largest absolute Gasteiger partial charge is 0.374 e. The highest BCUT2D eigenvalue weighted by molar-refractivity contribution is 9.10. The number of halogens is 6. The lowest BCUT2D eigenvalue weighted by molar-refractivity contribution is 0.583. The van der Waals surface area contributed by atoms with Crippen LogP contribution in [0.3, 0.4) is 0 Å². The zero-order valence-electron chi connectivity index (χ0n) is 10.7. The van der Waals surface area contributed by atoms with Gasteiger partial charge in [-0.05, 0) is 30.7 Å². The van der Waals surface area contributed by atoms with Crippen LogP contribution in [0, 0.1) is 11.6 Å². The van der Waals surface area contributed by atoms with Gasteiger partial charge in [0, 0.05) is 4.47 Å². The zero-order valence-corrected chi connectivity index (χ0v) is 14.5. The summed E-state index contributed by atoms with van der Waals surface area (Å²) in [6, 6.07) is 5.13. The maximum atomic E-state index is 13.8. The van der Waals surface area contributed by atoms with Gasteiger partial charge in [-0.25, -0.2) is 8.78 Å². The molecule has 0 spiro atoms. The molecule has 0 saturated heterocycles. The van der Waals surface area contributed by atoms with Crippen molar-refractivity contribution in [3.05, 3.63) is 61.0 Å². The molecule has 2 aromatic carbocycles. The Morgan fingerprint density at radius 3 is 2.19 bits per heavy atom. The third-order valence-electron chi connectivity index (χ3n) is 2.90. The summed E-state index contributed by atoms with van der Waals surface area (Å²) in [6.07, 6.45) is 0. The predicted octanol–water partition coefficient (Wildman–Crippen LogP) is 6.86. The maximum Gasteiger partial charge on any atom is 0.150 e. The van der Waals surface area contributed by atoms with Crippen LogP contribution >= 0.6 is 50.7 Å². The number of hydrogen-bond donors (Lipinski definition) is 1. The summed E-state index contributed by atoms with van der Waals surface area (Å²) in [4.78, 5) is 0. The van der Waals surface area contributed by atoms with Crippen molar-refractivity contribution in [1.82, 2.24) is 0 Å². The molecule has 0 radical (unpaired) electrons. The first-order valence-electron chi connectivity index (χ1n) is 5.85. The fourth-order valence-corrected chi connectivity index (χ4v) is 2.96. The van der Waals surface area contributed by atoms with Crippen molar-refractivity contribution < 1.29 is 8.78 Å².